The average Bonchev–Trinajstić information content (AvgIpc) is 3.27. The van der Waals surface area contributed by atoms with Gasteiger partial charge in [0.1, 0.15) is 24.4 Å². The average molecular weight is 523 g/mol. The third-order valence-electron chi connectivity index (χ3n) is 6.27. The van der Waals surface area contributed by atoms with Crippen LogP contribution in [0.3, 0.4) is 0 Å². The van der Waals surface area contributed by atoms with E-state index in [9.17, 15) is 25.2 Å². The fourth-order valence-electron chi connectivity index (χ4n) is 4.05. The topological polar surface area (TPSA) is 189 Å². The molecule has 0 unspecified atom stereocenters. The molecule has 1 aliphatic rings. The first kappa shape index (κ1) is 28.8. The molecule has 0 radical (unpaired) electrons. The van der Waals surface area contributed by atoms with Gasteiger partial charge < -0.3 is 45.6 Å². The number of aromatic amines is 1. The third kappa shape index (κ3) is 7.40. The van der Waals surface area contributed by atoms with Gasteiger partial charge in [-0.1, -0.05) is 38.1 Å². The standard InChI is InChI=1S/C25H38N4O8/c1-13(2)19-17(23(29-28-19)37-24-22(34)21(33)20(32)18(12-31)36-24)10-16-6-4-15(5-7-16)8-9-26-25(35)27-14(3)11-30/h4-7,13-14,18,20-22,24,30-34H,8-12H2,1-3H3,(H,28,29)(H2,26,27,35)/t14-,18+,20+,21-,22+,24-/m0/s1. The molecule has 2 heterocycles. The Morgan fingerprint density at radius 3 is 2.38 bits per heavy atom. The van der Waals surface area contributed by atoms with E-state index in [2.05, 4.69) is 20.8 Å². The molecule has 1 aromatic carbocycles. The lowest BCUT2D eigenvalue weighted by molar-refractivity contribution is -0.278. The maximum atomic E-state index is 11.8. The molecule has 6 atom stereocenters. The molecule has 1 fully saturated rings. The fourth-order valence-corrected chi connectivity index (χ4v) is 4.05. The summed E-state index contributed by atoms with van der Waals surface area (Å²) in [7, 11) is 0. The van der Waals surface area contributed by atoms with Crippen molar-refractivity contribution in [1.29, 1.82) is 0 Å². The van der Waals surface area contributed by atoms with Crippen molar-refractivity contribution < 1.29 is 39.8 Å². The summed E-state index contributed by atoms with van der Waals surface area (Å²) in [6.07, 6.45) is -5.86. The van der Waals surface area contributed by atoms with Gasteiger partial charge in [0.25, 0.3) is 0 Å². The number of rotatable bonds is 11. The van der Waals surface area contributed by atoms with Gasteiger partial charge in [0, 0.05) is 24.2 Å². The summed E-state index contributed by atoms with van der Waals surface area (Å²) in [5.74, 6) is 0.295. The normalized spacial score (nSPS) is 24.6. The van der Waals surface area contributed by atoms with E-state index in [1.54, 1.807) is 6.92 Å². The number of ether oxygens (including phenoxy) is 2. The van der Waals surface area contributed by atoms with Crippen LogP contribution in [-0.2, 0) is 17.6 Å². The second-order valence-electron chi connectivity index (χ2n) is 9.62. The van der Waals surface area contributed by atoms with E-state index in [4.69, 9.17) is 14.6 Å². The van der Waals surface area contributed by atoms with Crippen molar-refractivity contribution in [1.82, 2.24) is 20.8 Å². The molecule has 0 aliphatic carbocycles. The molecule has 2 aromatic rings. The predicted octanol–water partition coefficient (Wildman–Crippen LogP) is -0.475. The summed E-state index contributed by atoms with van der Waals surface area (Å²) in [6.45, 7) is 5.48. The molecule has 0 bridgehead atoms. The Kier molecular flexibility index (Phi) is 10.3. The molecule has 37 heavy (non-hydrogen) atoms. The van der Waals surface area contributed by atoms with Crippen LogP contribution < -0.4 is 15.4 Å². The minimum atomic E-state index is -1.55. The first-order chi connectivity index (χ1) is 17.6. The maximum absolute atomic E-state index is 11.8. The Balaban J connectivity index is 1.66. The van der Waals surface area contributed by atoms with Crippen LogP contribution in [0.5, 0.6) is 5.88 Å². The number of carbonyl (C=O) groups is 1. The Bertz CT molecular complexity index is 997. The van der Waals surface area contributed by atoms with Crippen LogP contribution in [0.2, 0.25) is 0 Å². The van der Waals surface area contributed by atoms with Gasteiger partial charge in [-0.15, -0.1) is 5.10 Å². The van der Waals surface area contributed by atoms with Crippen molar-refractivity contribution >= 4 is 6.03 Å². The van der Waals surface area contributed by atoms with Crippen molar-refractivity contribution in [2.45, 2.75) is 76.3 Å². The number of aliphatic hydroxyl groups is 5. The van der Waals surface area contributed by atoms with Crippen LogP contribution in [0, 0.1) is 0 Å². The van der Waals surface area contributed by atoms with E-state index < -0.39 is 37.3 Å². The van der Waals surface area contributed by atoms with Crippen LogP contribution >= 0.6 is 0 Å². The van der Waals surface area contributed by atoms with Gasteiger partial charge in [0.05, 0.1) is 19.3 Å². The lowest BCUT2D eigenvalue weighted by Crippen LogP contribution is -2.60. The number of benzene rings is 1. The van der Waals surface area contributed by atoms with Crippen LogP contribution in [-0.4, -0.2) is 98.3 Å². The molecular weight excluding hydrogens is 484 g/mol. The minimum Gasteiger partial charge on any atom is -0.443 e. The summed E-state index contributed by atoms with van der Waals surface area (Å²) in [4.78, 5) is 11.8. The zero-order chi connectivity index (χ0) is 27.1. The van der Waals surface area contributed by atoms with E-state index in [1.807, 2.05) is 38.1 Å². The van der Waals surface area contributed by atoms with Crippen LogP contribution in [0.25, 0.3) is 0 Å². The van der Waals surface area contributed by atoms with E-state index in [0.717, 1.165) is 22.4 Å². The van der Waals surface area contributed by atoms with Crippen LogP contribution in [0.15, 0.2) is 24.3 Å². The minimum absolute atomic E-state index is 0.0969. The maximum Gasteiger partial charge on any atom is 0.315 e. The molecule has 3 rings (SSSR count). The van der Waals surface area contributed by atoms with Gasteiger partial charge in [0.2, 0.25) is 12.2 Å². The van der Waals surface area contributed by atoms with Crippen molar-refractivity contribution in [3.8, 4) is 5.88 Å². The number of hydrogen-bond acceptors (Lipinski definition) is 9. The second kappa shape index (κ2) is 13.2. The van der Waals surface area contributed by atoms with Crippen LogP contribution in [0.1, 0.15) is 49.1 Å². The number of H-pyrrole nitrogens is 1. The molecule has 12 heteroatoms. The summed E-state index contributed by atoms with van der Waals surface area (Å²) >= 11 is 0. The highest BCUT2D eigenvalue weighted by Crippen LogP contribution is 2.31. The van der Waals surface area contributed by atoms with E-state index in [0.29, 0.717) is 19.4 Å². The zero-order valence-corrected chi connectivity index (χ0v) is 21.3. The molecule has 2 amide bonds. The molecule has 1 aliphatic heterocycles. The summed E-state index contributed by atoms with van der Waals surface area (Å²) < 4.78 is 11.3. The number of aromatic nitrogens is 2. The first-order valence-electron chi connectivity index (χ1n) is 12.4. The van der Waals surface area contributed by atoms with Gasteiger partial charge in [0.15, 0.2) is 0 Å². The summed E-state index contributed by atoms with van der Waals surface area (Å²) in [6, 6.07) is 7.24. The number of hydrogen-bond donors (Lipinski definition) is 8. The number of amides is 2. The largest absolute Gasteiger partial charge is 0.443 e. The van der Waals surface area contributed by atoms with Crippen molar-refractivity contribution in [2.24, 2.45) is 0 Å². The van der Waals surface area contributed by atoms with Crippen molar-refractivity contribution in [3.63, 3.8) is 0 Å². The lowest BCUT2D eigenvalue weighted by Gasteiger charge is -2.39. The Hall–Kier alpha value is -2.74. The number of nitrogens with zero attached hydrogens (tertiary/aromatic N) is 1. The zero-order valence-electron chi connectivity index (χ0n) is 21.3. The Labute approximate surface area is 215 Å². The SMILES string of the molecule is CC(C)c1[nH]nc(O[C@@H]2O[C@H](CO)[C@@H](O)[C@H](O)[C@H]2O)c1Cc1ccc(CCNC(=O)N[C@@H](C)CO)cc1. The van der Waals surface area contributed by atoms with Crippen molar-refractivity contribution in [2.75, 3.05) is 19.8 Å². The smallest absolute Gasteiger partial charge is 0.315 e. The highest BCUT2D eigenvalue weighted by molar-refractivity contribution is 5.74. The molecule has 8 N–H and O–H groups in total. The molecule has 12 nitrogen and oxygen atoms in total. The van der Waals surface area contributed by atoms with Gasteiger partial charge in [-0.05, 0) is 30.4 Å². The van der Waals surface area contributed by atoms with E-state index >= 15 is 0 Å². The van der Waals surface area contributed by atoms with E-state index in [-0.39, 0.29) is 30.5 Å². The second-order valence-corrected chi connectivity index (χ2v) is 9.62. The van der Waals surface area contributed by atoms with Gasteiger partial charge in [-0.2, -0.15) is 0 Å². The number of urea groups is 1. The molecule has 0 spiro atoms. The van der Waals surface area contributed by atoms with Gasteiger partial charge in [-0.3, -0.25) is 5.10 Å². The lowest BCUT2D eigenvalue weighted by atomic mass is 9.98. The van der Waals surface area contributed by atoms with Gasteiger partial charge >= 0.3 is 6.03 Å². The van der Waals surface area contributed by atoms with Crippen LogP contribution in [0.4, 0.5) is 4.79 Å². The first-order valence-corrected chi connectivity index (χ1v) is 12.4. The number of nitrogens with one attached hydrogen (secondary N) is 3. The molecule has 0 saturated carbocycles. The summed E-state index contributed by atoms with van der Waals surface area (Å²) in [5.41, 5.74) is 3.62. The predicted molar refractivity (Wildman–Crippen MR) is 133 cm³/mol. The Morgan fingerprint density at radius 1 is 1.08 bits per heavy atom. The fraction of sp³-hybridized carbons (Fsp3) is 0.600. The highest BCUT2D eigenvalue weighted by atomic mass is 16.7. The number of aliphatic hydroxyl groups excluding tert-OH is 5. The molecule has 1 saturated heterocycles. The quantitative estimate of drug-likeness (QED) is 0.193. The summed E-state index contributed by atoms with van der Waals surface area (Å²) in [5, 5.41) is 61.5. The molecule has 1 aromatic heterocycles. The molecule has 206 valence electrons. The van der Waals surface area contributed by atoms with Gasteiger partial charge in [-0.25, -0.2) is 4.79 Å². The highest BCUT2D eigenvalue weighted by Gasteiger charge is 2.45. The molecular formula is C25H38N4O8. The van der Waals surface area contributed by atoms with Crippen molar-refractivity contribution in [3.05, 3.63) is 46.6 Å². The monoisotopic (exact) mass is 522 g/mol. The Morgan fingerprint density at radius 2 is 1.76 bits per heavy atom. The number of carbonyl (C=O) groups excluding carboxylic acids is 1. The van der Waals surface area contributed by atoms with E-state index in [1.165, 1.54) is 0 Å². The third-order valence-corrected chi connectivity index (χ3v) is 6.27.